The van der Waals surface area contributed by atoms with Gasteiger partial charge in [-0.25, -0.2) is 23.2 Å². The molecule has 4 aliphatic rings. The van der Waals surface area contributed by atoms with Gasteiger partial charge in [-0.15, -0.1) is 6.58 Å². The maximum Gasteiger partial charge on any atom is 0.407 e. The summed E-state index contributed by atoms with van der Waals surface area (Å²) in [4.78, 5) is 67.1. The predicted molar refractivity (Wildman–Crippen MR) is 214 cm³/mol. The average Bonchev–Trinajstić information content (AvgIpc) is 4.10. The van der Waals surface area contributed by atoms with Gasteiger partial charge in [0.2, 0.25) is 27.7 Å². The monoisotopic (exact) mass is 798 g/mol. The number of aromatic nitrogens is 2. The Balaban J connectivity index is 1.26. The molecule has 57 heavy (non-hydrogen) atoms. The van der Waals surface area contributed by atoms with Gasteiger partial charge in [0.15, 0.2) is 0 Å². The number of ether oxygens (including phenoxy) is 2. The Morgan fingerprint density at radius 2 is 1.81 bits per heavy atom. The van der Waals surface area contributed by atoms with Crippen molar-refractivity contribution >= 4 is 50.9 Å². The van der Waals surface area contributed by atoms with Crippen LogP contribution in [0.15, 0.2) is 67.3 Å². The molecule has 4 amide bonds. The summed E-state index contributed by atoms with van der Waals surface area (Å²) in [5.41, 5.74) is 1.04. The Hall–Kier alpha value is -5.31. The van der Waals surface area contributed by atoms with Crippen molar-refractivity contribution in [3.63, 3.8) is 0 Å². The number of carbonyl (C=O) groups is 4. The maximum atomic E-state index is 14.7. The normalized spacial score (nSPS) is 26.4. The SMILES string of the molecule is C=C[C@@H]1C[C@]1(NC(=O)[C@@H]1C[C@@H]2CN1C(=O)[C@H](C(C)(C)C)NC(=O)OCCCCC/C=C/c1ccc3nc(-c4ccccc4)c(nc3c1)O2)C(=O)NS(=O)(=O)C1CC1. The lowest BCUT2D eigenvalue weighted by Crippen LogP contribution is -2.60. The van der Waals surface area contributed by atoms with E-state index in [0.717, 1.165) is 30.4 Å². The first-order valence-electron chi connectivity index (χ1n) is 19.6. The summed E-state index contributed by atoms with van der Waals surface area (Å²) in [5, 5.41) is 4.92. The van der Waals surface area contributed by atoms with E-state index in [1.165, 1.54) is 11.0 Å². The molecule has 0 spiro atoms. The van der Waals surface area contributed by atoms with Crippen LogP contribution in [0.5, 0.6) is 5.88 Å². The molecule has 3 heterocycles. The largest absolute Gasteiger partial charge is 0.471 e. The zero-order valence-corrected chi connectivity index (χ0v) is 33.3. The lowest BCUT2D eigenvalue weighted by Gasteiger charge is -2.35. The van der Waals surface area contributed by atoms with Crippen LogP contribution in [0.4, 0.5) is 4.79 Å². The Labute approximate surface area is 332 Å². The van der Waals surface area contributed by atoms with Crippen molar-refractivity contribution in [2.24, 2.45) is 11.3 Å². The predicted octanol–water partition coefficient (Wildman–Crippen LogP) is 5.04. The number of rotatable bonds is 7. The number of cyclic esters (lactones) is 1. The molecule has 0 radical (unpaired) electrons. The van der Waals surface area contributed by atoms with E-state index in [0.29, 0.717) is 36.0 Å². The van der Waals surface area contributed by atoms with Crippen LogP contribution >= 0.6 is 0 Å². The third-order valence-corrected chi connectivity index (χ3v) is 12.8. The van der Waals surface area contributed by atoms with Crippen LogP contribution in [0, 0.1) is 11.3 Å². The molecule has 1 aromatic heterocycles. The van der Waals surface area contributed by atoms with E-state index in [-0.39, 0.29) is 31.9 Å². The highest BCUT2D eigenvalue weighted by atomic mass is 32.2. The molecule has 15 heteroatoms. The Bertz CT molecular complexity index is 2200. The van der Waals surface area contributed by atoms with Crippen molar-refractivity contribution in [1.82, 2.24) is 30.2 Å². The molecular formula is C42H50N6O8S. The molecule has 2 aliphatic carbocycles. The van der Waals surface area contributed by atoms with Crippen molar-refractivity contribution in [2.75, 3.05) is 13.2 Å². The van der Waals surface area contributed by atoms with Crippen LogP contribution < -0.4 is 20.1 Å². The summed E-state index contributed by atoms with van der Waals surface area (Å²) < 4.78 is 39.9. The molecule has 5 atom stereocenters. The smallest absolute Gasteiger partial charge is 0.407 e. The molecule has 7 rings (SSSR count). The number of fused-ring (bicyclic) bond motifs is 4. The van der Waals surface area contributed by atoms with E-state index in [4.69, 9.17) is 19.4 Å². The zero-order chi connectivity index (χ0) is 40.5. The molecule has 2 aromatic carbocycles. The van der Waals surface area contributed by atoms with Crippen LogP contribution in [0.2, 0.25) is 0 Å². The van der Waals surface area contributed by atoms with E-state index in [9.17, 15) is 27.6 Å². The molecule has 5 bridgehead atoms. The molecule has 2 saturated carbocycles. The second-order valence-corrected chi connectivity index (χ2v) is 18.4. The van der Waals surface area contributed by atoms with Gasteiger partial charge in [-0.1, -0.05) is 75.4 Å². The van der Waals surface area contributed by atoms with E-state index in [2.05, 4.69) is 28.0 Å². The van der Waals surface area contributed by atoms with Crippen LogP contribution in [-0.2, 0) is 29.1 Å². The van der Waals surface area contributed by atoms with Gasteiger partial charge in [-0.3, -0.25) is 19.1 Å². The van der Waals surface area contributed by atoms with Gasteiger partial charge in [-0.2, -0.15) is 0 Å². The van der Waals surface area contributed by atoms with Gasteiger partial charge < -0.3 is 25.0 Å². The number of amides is 4. The highest BCUT2D eigenvalue weighted by Crippen LogP contribution is 2.45. The minimum absolute atomic E-state index is 0.00751. The molecule has 3 fully saturated rings. The van der Waals surface area contributed by atoms with Gasteiger partial charge in [0.1, 0.15) is 29.4 Å². The number of nitrogens with one attached hydrogen (secondary N) is 3. The van der Waals surface area contributed by atoms with E-state index >= 15 is 0 Å². The molecule has 3 N–H and O–H groups in total. The summed E-state index contributed by atoms with van der Waals surface area (Å²) >= 11 is 0. The Kier molecular flexibility index (Phi) is 11.1. The Morgan fingerprint density at radius 1 is 1.04 bits per heavy atom. The van der Waals surface area contributed by atoms with Crippen molar-refractivity contribution in [3.8, 4) is 17.1 Å². The first kappa shape index (κ1) is 39.9. The molecular weight excluding hydrogens is 749 g/mol. The number of benzene rings is 2. The zero-order valence-electron chi connectivity index (χ0n) is 32.5. The lowest BCUT2D eigenvalue weighted by molar-refractivity contribution is -0.142. The molecule has 2 aliphatic heterocycles. The highest BCUT2D eigenvalue weighted by Gasteiger charge is 2.62. The van der Waals surface area contributed by atoms with Gasteiger partial charge >= 0.3 is 6.09 Å². The number of sulfonamides is 1. The minimum atomic E-state index is -3.92. The summed E-state index contributed by atoms with van der Waals surface area (Å²) in [6.07, 6.45) is 8.33. The summed E-state index contributed by atoms with van der Waals surface area (Å²) in [5.74, 6) is -2.39. The minimum Gasteiger partial charge on any atom is -0.471 e. The van der Waals surface area contributed by atoms with Crippen molar-refractivity contribution < 1.29 is 37.1 Å². The number of hydrogen-bond donors (Lipinski definition) is 3. The maximum absolute atomic E-state index is 14.7. The van der Waals surface area contributed by atoms with Gasteiger partial charge in [0, 0.05) is 17.9 Å². The fourth-order valence-electron chi connectivity index (χ4n) is 7.48. The molecule has 302 valence electrons. The first-order valence-corrected chi connectivity index (χ1v) is 21.2. The van der Waals surface area contributed by atoms with E-state index < -0.39 is 74.1 Å². The third-order valence-electron chi connectivity index (χ3n) is 11.0. The van der Waals surface area contributed by atoms with Crippen molar-refractivity contribution in [2.45, 2.75) is 101 Å². The Morgan fingerprint density at radius 3 is 2.51 bits per heavy atom. The first-order chi connectivity index (χ1) is 27.2. The number of carbonyl (C=O) groups excluding carboxylic acids is 4. The van der Waals surface area contributed by atoms with Gasteiger partial charge in [0.05, 0.1) is 29.4 Å². The fourth-order valence-corrected chi connectivity index (χ4v) is 8.84. The third kappa shape index (κ3) is 8.83. The summed E-state index contributed by atoms with van der Waals surface area (Å²) in [6.45, 7) is 9.29. The quantitative estimate of drug-likeness (QED) is 0.274. The van der Waals surface area contributed by atoms with Crippen LogP contribution in [0.25, 0.3) is 28.4 Å². The number of hydrogen-bond acceptors (Lipinski definition) is 10. The van der Waals surface area contributed by atoms with E-state index in [1.54, 1.807) is 20.8 Å². The topological polar surface area (TPSA) is 186 Å². The molecule has 14 nitrogen and oxygen atoms in total. The van der Waals surface area contributed by atoms with Crippen molar-refractivity contribution in [1.29, 1.82) is 0 Å². The molecule has 0 unspecified atom stereocenters. The fraction of sp³-hybridized carbons (Fsp3) is 0.476. The summed E-state index contributed by atoms with van der Waals surface area (Å²) in [7, 11) is -3.92. The second-order valence-electron chi connectivity index (χ2n) is 16.5. The van der Waals surface area contributed by atoms with Crippen LogP contribution in [0.3, 0.4) is 0 Å². The van der Waals surface area contributed by atoms with Gasteiger partial charge in [0.25, 0.3) is 5.91 Å². The van der Waals surface area contributed by atoms with E-state index in [1.807, 2.05) is 54.6 Å². The molecule has 3 aromatic rings. The van der Waals surface area contributed by atoms with Crippen LogP contribution in [0.1, 0.15) is 77.7 Å². The van der Waals surface area contributed by atoms with Gasteiger partial charge in [-0.05, 0) is 68.1 Å². The highest BCUT2D eigenvalue weighted by molar-refractivity contribution is 7.91. The number of allylic oxidation sites excluding steroid dienone is 1. The van der Waals surface area contributed by atoms with Crippen molar-refractivity contribution in [3.05, 3.63) is 72.8 Å². The summed E-state index contributed by atoms with van der Waals surface area (Å²) in [6, 6.07) is 13.0. The number of nitrogens with zero attached hydrogens (tertiary/aromatic N) is 3. The number of alkyl carbamates (subject to hydrolysis) is 1. The molecule has 1 saturated heterocycles. The second kappa shape index (κ2) is 15.9. The standard InChI is InChI=1S/C42H50N6O8S/c1-5-28-24-42(28,39(51)47-57(53,54)30-18-19-30)46-36(49)33-23-29-25-48(33)38(50)35(41(2,3)4)45-40(52)55-21-13-8-6-7-10-14-26-17-20-31-32(22-26)44-37(56-29)34(43-31)27-15-11-9-12-16-27/h5,9-12,14-17,20,22,28-30,33,35H,1,6-8,13,18-19,21,23-25H2,2-4H3,(H,45,52)(H,46,49)(H,47,51)/b14-10+/t28-,29-,33+,35-,42-/m1/s1. The lowest BCUT2D eigenvalue weighted by atomic mass is 9.85. The average molecular weight is 799 g/mol. The van der Waals surface area contributed by atoms with Crippen LogP contribution in [-0.4, -0.2) is 89.2 Å².